The Hall–Kier alpha value is -0.780. The molecule has 0 radical (unpaired) electrons. The van der Waals surface area contributed by atoms with Gasteiger partial charge in [-0.3, -0.25) is 4.79 Å². The van der Waals surface area contributed by atoms with Crippen molar-refractivity contribution in [1.29, 1.82) is 0 Å². The summed E-state index contributed by atoms with van der Waals surface area (Å²) < 4.78 is 0.970. The van der Waals surface area contributed by atoms with Crippen molar-refractivity contribution in [2.24, 2.45) is 0 Å². The van der Waals surface area contributed by atoms with E-state index in [9.17, 15) is 4.79 Å². The molecule has 74 valence electrons. The molecule has 0 spiro atoms. The first-order valence-corrected chi connectivity index (χ1v) is 5.96. The normalized spacial score (nSPS) is 10.9. The molecule has 0 aliphatic heterocycles. The zero-order chi connectivity index (χ0) is 9.97. The van der Waals surface area contributed by atoms with Gasteiger partial charge in [-0.1, -0.05) is 11.3 Å². The van der Waals surface area contributed by atoms with Crippen LogP contribution in [0.1, 0.15) is 0 Å². The van der Waals surface area contributed by atoms with Crippen LogP contribution in [0.15, 0.2) is 27.9 Å². The van der Waals surface area contributed by atoms with Crippen molar-refractivity contribution in [3.05, 3.63) is 27.9 Å². The molecule has 2 rings (SSSR count). The van der Waals surface area contributed by atoms with Gasteiger partial charge < -0.3 is 10.1 Å². The van der Waals surface area contributed by atoms with Gasteiger partial charge in [0, 0.05) is 10.6 Å². The van der Waals surface area contributed by atoms with Gasteiger partial charge in [0.25, 0.3) is 0 Å². The summed E-state index contributed by atoms with van der Waals surface area (Å²) >= 11 is 2.80. The van der Waals surface area contributed by atoms with E-state index in [0.29, 0.717) is 5.75 Å². The molecule has 0 atom stereocenters. The fourth-order valence-corrected chi connectivity index (χ4v) is 2.72. The van der Waals surface area contributed by atoms with E-state index < -0.39 is 0 Å². The number of H-pyrrole nitrogens is 1. The lowest BCUT2D eigenvalue weighted by Gasteiger charge is -1.98. The molecule has 14 heavy (non-hydrogen) atoms. The molecule has 1 aromatic heterocycles. The second-order valence-electron chi connectivity index (χ2n) is 2.74. The molecule has 0 saturated carbocycles. The van der Waals surface area contributed by atoms with Gasteiger partial charge in [-0.15, -0.1) is 11.8 Å². The molecular weight excluding hydrogens is 218 g/mol. The largest absolute Gasteiger partial charge is 0.396 e. The number of aliphatic hydroxyl groups excluding tert-OH is 1. The highest BCUT2D eigenvalue weighted by Crippen LogP contribution is 2.23. The smallest absolute Gasteiger partial charge is 0.305 e. The standard InChI is InChI=1S/C9H9NO2S2/c11-3-4-13-6-1-2-7-8(5-6)14-9(12)10-7/h1-2,5,11H,3-4H2,(H,10,12). The molecule has 0 aliphatic rings. The predicted octanol–water partition coefficient (Wildman–Crippen LogP) is 1.67. The molecular formula is C9H9NO2S2. The lowest BCUT2D eigenvalue weighted by atomic mass is 10.3. The van der Waals surface area contributed by atoms with Crippen LogP contribution in [0, 0.1) is 0 Å². The average molecular weight is 227 g/mol. The maximum atomic E-state index is 11.0. The fourth-order valence-electron chi connectivity index (χ4n) is 1.18. The topological polar surface area (TPSA) is 53.1 Å². The number of aromatic amines is 1. The Bertz CT molecular complexity index is 489. The number of hydrogen-bond acceptors (Lipinski definition) is 4. The van der Waals surface area contributed by atoms with Gasteiger partial charge in [0.1, 0.15) is 0 Å². The number of aromatic nitrogens is 1. The summed E-state index contributed by atoms with van der Waals surface area (Å²) in [5, 5.41) is 8.67. The van der Waals surface area contributed by atoms with Gasteiger partial charge in [-0.25, -0.2) is 0 Å². The van der Waals surface area contributed by atoms with Crippen molar-refractivity contribution in [3.8, 4) is 0 Å². The Kier molecular flexibility index (Phi) is 2.90. The number of nitrogens with one attached hydrogen (secondary N) is 1. The first kappa shape index (κ1) is 9.76. The second-order valence-corrected chi connectivity index (χ2v) is 4.93. The number of rotatable bonds is 3. The summed E-state index contributed by atoms with van der Waals surface area (Å²) in [6.07, 6.45) is 0. The third-order valence-electron chi connectivity index (χ3n) is 1.75. The fraction of sp³-hybridized carbons (Fsp3) is 0.222. The minimum atomic E-state index is -0.0238. The maximum absolute atomic E-state index is 11.0. The van der Waals surface area contributed by atoms with Crippen molar-refractivity contribution < 1.29 is 5.11 Å². The van der Waals surface area contributed by atoms with E-state index in [1.807, 2.05) is 18.2 Å². The van der Waals surface area contributed by atoms with Gasteiger partial charge in [0.05, 0.1) is 16.8 Å². The van der Waals surface area contributed by atoms with Crippen LogP contribution >= 0.6 is 23.1 Å². The number of benzene rings is 1. The van der Waals surface area contributed by atoms with Gasteiger partial charge in [-0.2, -0.15) is 0 Å². The molecule has 0 unspecified atom stereocenters. The Labute approximate surface area is 88.8 Å². The summed E-state index contributed by atoms with van der Waals surface area (Å²) in [4.78, 5) is 14.8. The number of aliphatic hydroxyl groups is 1. The van der Waals surface area contributed by atoms with Crippen molar-refractivity contribution in [2.75, 3.05) is 12.4 Å². The second kappa shape index (κ2) is 4.16. The van der Waals surface area contributed by atoms with Crippen LogP contribution in [0.5, 0.6) is 0 Å². The maximum Gasteiger partial charge on any atom is 0.305 e. The highest BCUT2D eigenvalue weighted by Gasteiger charge is 2.00. The third-order valence-corrected chi connectivity index (χ3v) is 3.57. The van der Waals surface area contributed by atoms with Gasteiger partial charge in [0.2, 0.25) is 0 Å². The quantitative estimate of drug-likeness (QED) is 0.784. The van der Waals surface area contributed by atoms with Gasteiger partial charge >= 0.3 is 4.87 Å². The monoisotopic (exact) mass is 227 g/mol. The average Bonchev–Trinajstić information content (AvgIpc) is 2.54. The van der Waals surface area contributed by atoms with E-state index in [4.69, 9.17) is 5.11 Å². The summed E-state index contributed by atoms with van der Waals surface area (Å²) in [6, 6.07) is 5.82. The molecule has 0 fully saturated rings. The lowest BCUT2D eigenvalue weighted by Crippen LogP contribution is -1.89. The van der Waals surface area contributed by atoms with E-state index in [0.717, 1.165) is 15.1 Å². The minimum absolute atomic E-state index is 0.0238. The molecule has 0 saturated heterocycles. The molecule has 0 aliphatic carbocycles. The number of thioether (sulfide) groups is 1. The van der Waals surface area contributed by atoms with Crippen LogP contribution in [-0.4, -0.2) is 22.5 Å². The Morgan fingerprint density at radius 3 is 3.14 bits per heavy atom. The predicted molar refractivity (Wildman–Crippen MR) is 60.3 cm³/mol. The van der Waals surface area contributed by atoms with Crippen LogP contribution in [0.3, 0.4) is 0 Å². The van der Waals surface area contributed by atoms with Crippen molar-refractivity contribution in [2.45, 2.75) is 4.90 Å². The molecule has 3 nitrogen and oxygen atoms in total. The van der Waals surface area contributed by atoms with Gasteiger partial charge in [-0.05, 0) is 18.2 Å². The van der Waals surface area contributed by atoms with Crippen LogP contribution < -0.4 is 4.87 Å². The zero-order valence-electron chi connectivity index (χ0n) is 7.32. The zero-order valence-corrected chi connectivity index (χ0v) is 8.95. The van der Waals surface area contributed by atoms with Crippen molar-refractivity contribution in [1.82, 2.24) is 4.98 Å². The molecule has 1 aromatic carbocycles. The molecule has 2 N–H and O–H groups in total. The first-order chi connectivity index (χ1) is 6.79. The van der Waals surface area contributed by atoms with E-state index in [1.165, 1.54) is 11.3 Å². The molecule has 0 bridgehead atoms. The summed E-state index contributed by atoms with van der Waals surface area (Å²) in [5.74, 6) is 0.685. The lowest BCUT2D eigenvalue weighted by molar-refractivity contribution is 0.322. The van der Waals surface area contributed by atoms with Crippen LogP contribution in [0.2, 0.25) is 0 Å². The van der Waals surface area contributed by atoms with Gasteiger partial charge in [0.15, 0.2) is 0 Å². The Morgan fingerprint density at radius 2 is 2.36 bits per heavy atom. The van der Waals surface area contributed by atoms with E-state index >= 15 is 0 Å². The first-order valence-electron chi connectivity index (χ1n) is 4.16. The minimum Gasteiger partial charge on any atom is -0.396 e. The highest BCUT2D eigenvalue weighted by atomic mass is 32.2. The van der Waals surface area contributed by atoms with Crippen molar-refractivity contribution >= 4 is 33.3 Å². The molecule has 2 aromatic rings. The van der Waals surface area contributed by atoms with Crippen LogP contribution in [-0.2, 0) is 0 Å². The van der Waals surface area contributed by atoms with E-state index in [-0.39, 0.29) is 11.5 Å². The molecule has 5 heteroatoms. The molecule has 0 amide bonds. The summed E-state index contributed by atoms with van der Waals surface area (Å²) in [5.41, 5.74) is 0.883. The summed E-state index contributed by atoms with van der Waals surface area (Å²) in [6.45, 7) is 0.173. The van der Waals surface area contributed by atoms with Crippen LogP contribution in [0.4, 0.5) is 0 Å². The Balaban J connectivity index is 2.35. The molecule has 1 heterocycles. The van der Waals surface area contributed by atoms with E-state index in [1.54, 1.807) is 11.8 Å². The number of thiazole rings is 1. The third kappa shape index (κ3) is 2.00. The van der Waals surface area contributed by atoms with E-state index in [2.05, 4.69) is 4.98 Å². The Morgan fingerprint density at radius 1 is 1.50 bits per heavy atom. The van der Waals surface area contributed by atoms with Crippen LogP contribution in [0.25, 0.3) is 10.2 Å². The SMILES string of the molecule is O=c1[nH]c2ccc(SCCO)cc2s1. The summed E-state index contributed by atoms with van der Waals surface area (Å²) in [7, 11) is 0. The highest BCUT2D eigenvalue weighted by molar-refractivity contribution is 7.99. The number of fused-ring (bicyclic) bond motifs is 1. The van der Waals surface area contributed by atoms with Crippen molar-refractivity contribution in [3.63, 3.8) is 0 Å². The number of hydrogen-bond donors (Lipinski definition) is 2.